The second-order valence-corrected chi connectivity index (χ2v) is 6.00. The topological polar surface area (TPSA) is 114 Å². The smallest absolute Gasteiger partial charge is 0.280 e. The predicted octanol–water partition coefficient (Wildman–Crippen LogP) is 3.37. The SMILES string of the molecule is C[C@H](Oc1ccc2ccccc2c1)C(=O)N/N=C\c1cc([N+](=O)[O-])ccc1O. The number of nitro benzene ring substituents is 1. The summed E-state index contributed by atoms with van der Waals surface area (Å²) in [5, 5.41) is 26.3. The number of benzene rings is 3. The Morgan fingerprint density at radius 2 is 1.93 bits per heavy atom. The molecule has 1 atom stereocenters. The highest BCUT2D eigenvalue weighted by atomic mass is 16.6. The lowest BCUT2D eigenvalue weighted by Gasteiger charge is -2.13. The molecule has 0 spiro atoms. The van der Waals surface area contributed by atoms with Gasteiger partial charge in [-0.2, -0.15) is 5.10 Å². The minimum atomic E-state index is -0.822. The Labute approximate surface area is 160 Å². The fraction of sp³-hybridized carbons (Fsp3) is 0.100. The fourth-order valence-electron chi connectivity index (χ4n) is 2.51. The van der Waals surface area contributed by atoms with E-state index in [9.17, 15) is 20.0 Å². The van der Waals surface area contributed by atoms with Gasteiger partial charge >= 0.3 is 0 Å². The molecule has 0 aliphatic rings. The molecule has 0 aromatic heterocycles. The van der Waals surface area contributed by atoms with Gasteiger partial charge in [-0.15, -0.1) is 0 Å². The summed E-state index contributed by atoms with van der Waals surface area (Å²) in [4.78, 5) is 22.3. The Kier molecular flexibility index (Phi) is 5.50. The maximum absolute atomic E-state index is 12.1. The van der Waals surface area contributed by atoms with Crippen molar-refractivity contribution in [3.8, 4) is 11.5 Å². The molecule has 0 radical (unpaired) electrons. The van der Waals surface area contributed by atoms with Crippen LogP contribution in [0.5, 0.6) is 11.5 Å². The molecule has 0 heterocycles. The second kappa shape index (κ2) is 8.17. The van der Waals surface area contributed by atoms with Crippen LogP contribution >= 0.6 is 0 Å². The van der Waals surface area contributed by atoms with Crippen molar-refractivity contribution < 1.29 is 19.6 Å². The van der Waals surface area contributed by atoms with E-state index in [0.29, 0.717) is 5.75 Å². The van der Waals surface area contributed by atoms with E-state index in [-0.39, 0.29) is 17.0 Å². The van der Waals surface area contributed by atoms with E-state index < -0.39 is 16.9 Å². The van der Waals surface area contributed by atoms with Crippen LogP contribution < -0.4 is 10.2 Å². The number of non-ortho nitro benzene ring substituents is 1. The highest BCUT2D eigenvalue weighted by molar-refractivity contribution is 5.87. The number of nitrogens with one attached hydrogen (secondary N) is 1. The third kappa shape index (κ3) is 4.42. The molecule has 0 aliphatic heterocycles. The van der Waals surface area contributed by atoms with Crippen LogP contribution in [0.25, 0.3) is 10.8 Å². The number of phenolic OH excluding ortho intramolecular Hbond substituents is 1. The molecule has 2 N–H and O–H groups in total. The summed E-state index contributed by atoms with van der Waals surface area (Å²) in [6, 6.07) is 16.8. The number of ether oxygens (including phenoxy) is 1. The van der Waals surface area contributed by atoms with Crippen LogP contribution in [-0.4, -0.2) is 28.3 Å². The molecule has 3 aromatic rings. The number of nitrogens with zero attached hydrogens (tertiary/aromatic N) is 2. The normalized spacial score (nSPS) is 12.0. The molecule has 0 saturated carbocycles. The zero-order valence-corrected chi connectivity index (χ0v) is 14.9. The van der Waals surface area contributed by atoms with Crippen molar-refractivity contribution >= 4 is 28.6 Å². The molecule has 0 saturated heterocycles. The van der Waals surface area contributed by atoms with E-state index in [4.69, 9.17) is 4.74 Å². The first-order chi connectivity index (χ1) is 13.4. The van der Waals surface area contributed by atoms with Gasteiger partial charge in [-0.05, 0) is 35.9 Å². The predicted molar refractivity (Wildman–Crippen MR) is 105 cm³/mol. The van der Waals surface area contributed by atoms with E-state index in [1.165, 1.54) is 12.1 Å². The largest absolute Gasteiger partial charge is 0.507 e. The first-order valence-corrected chi connectivity index (χ1v) is 8.40. The molecule has 3 aromatic carbocycles. The van der Waals surface area contributed by atoms with Crippen molar-refractivity contribution in [2.24, 2.45) is 5.10 Å². The summed E-state index contributed by atoms with van der Waals surface area (Å²) < 4.78 is 5.64. The van der Waals surface area contributed by atoms with Gasteiger partial charge in [0.2, 0.25) is 0 Å². The number of phenols is 1. The van der Waals surface area contributed by atoms with Crippen LogP contribution in [0.3, 0.4) is 0 Å². The number of carbonyl (C=O) groups excluding carboxylic acids is 1. The van der Waals surface area contributed by atoms with Gasteiger partial charge in [-0.25, -0.2) is 5.43 Å². The molecule has 0 aliphatic carbocycles. The number of rotatable bonds is 6. The first kappa shape index (κ1) is 18.8. The molecule has 0 fully saturated rings. The summed E-state index contributed by atoms with van der Waals surface area (Å²) in [6.45, 7) is 1.57. The molecule has 8 heteroatoms. The number of carbonyl (C=O) groups is 1. The quantitative estimate of drug-likeness (QED) is 0.387. The molecule has 3 rings (SSSR count). The Hall–Kier alpha value is -3.94. The summed E-state index contributed by atoms with van der Waals surface area (Å²) in [5.41, 5.74) is 2.20. The number of hydrazone groups is 1. The van der Waals surface area contributed by atoms with Gasteiger partial charge in [0, 0.05) is 17.7 Å². The van der Waals surface area contributed by atoms with Crippen LogP contribution in [0.1, 0.15) is 12.5 Å². The Morgan fingerprint density at radius 3 is 2.68 bits per heavy atom. The zero-order valence-electron chi connectivity index (χ0n) is 14.9. The average molecular weight is 379 g/mol. The van der Waals surface area contributed by atoms with Crippen LogP contribution in [0, 0.1) is 10.1 Å². The van der Waals surface area contributed by atoms with Crippen molar-refractivity contribution in [1.82, 2.24) is 5.43 Å². The minimum Gasteiger partial charge on any atom is -0.507 e. The van der Waals surface area contributed by atoms with E-state index in [1.807, 2.05) is 36.4 Å². The number of hydrogen-bond acceptors (Lipinski definition) is 6. The molecule has 1 amide bonds. The van der Waals surface area contributed by atoms with Gasteiger partial charge in [-0.3, -0.25) is 14.9 Å². The Bertz CT molecular complexity index is 1060. The lowest BCUT2D eigenvalue weighted by atomic mass is 10.1. The second-order valence-electron chi connectivity index (χ2n) is 6.00. The molecular formula is C20H17N3O5. The Balaban J connectivity index is 1.63. The summed E-state index contributed by atoms with van der Waals surface area (Å²) >= 11 is 0. The third-order valence-corrected chi connectivity index (χ3v) is 4.00. The van der Waals surface area contributed by atoms with E-state index in [0.717, 1.165) is 23.1 Å². The van der Waals surface area contributed by atoms with Crippen LogP contribution in [0.15, 0.2) is 65.8 Å². The number of hydrogen-bond donors (Lipinski definition) is 2. The third-order valence-electron chi connectivity index (χ3n) is 4.00. The van der Waals surface area contributed by atoms with Crippen molar-refractivity contribution in [2.75, 3.05) is 0 Å². The number of nitro groups is 1. The van der Waals surface area contributed by atoms with Crippen molar-refractivity contribution in [3.63, 3.8) is 0 Å². The number of fused-ring (bicyclic) bond motifs is 1. The zero-order chi connectivity index (χ0) is 20.1. The fourth-order valence-corrected chi connectivity index (χ4v) is 2.51. The van der Waals surface area contributed by atoms with Gasteiger partial charge in [0.25, 0.3) is 11.6 Å². The maximum Gasteiger partial charge on any atom is 0.280 e. The lowest BCUT2D eigenvalue weighted by molar-refractivity contribution is -0.384. The van der Waals surface area contributed by atoms with Crippen molar-refractivity contribution in [1.29, 1.82) is 0 Å². The van der Waals surface area contributed by atoms with Gasteiger partial charge in [0.15, 0.2) is 6.10 Å². The lowest BCUT2D eigenvalue weighted by Crippen LogP contribution is -2.33. The van der Waals surface area contributed by atoms with Gasteiger partial charge in [0.1, 0.15) is 11.5 Å². The average Bonchev–Trinajstić information content (AvgIpc) is 2.69. The minimum absolute atomic E-state index is 0.109. The van der Waals surface area contributed by atoms with Gasteiger partial charge in [-0.1, -0.05) is 30.3 Å². The van der Waals surface area contributed by atoms with Crippen LogP contribution in [0.4, 0.5) is 5.69 Å². The van der Waals surface area contributed by atoms with Gasteiger partial charge in [0.05, 0.1) is 11.1 Å². The van der Waals surface area contributed by atoms with Crippen LogP contribution in [-0.2, 0) is 4.79 Å². The van der Waals surface area contributed by atoms with Gasteiger partial charge < -0.3 is 9.84 Å². The van der Waals surface area contributed by atoms with Crippen molar-refractivity contribution in [2.45, 2.75) is 13.0 Å². The highest BCUT2D eigenvalue weighted by Crippen LogP contribution is 2.22. The standard InChI is InChI=1S/C20H17N3O5/c1-13(28-18-8-6-14-4-2-3-5-15(14)11-18)20(25)22-21-12-16-10-17(23(26)27)7-9-19(16)24/h2-13,24H,1H3,(H,22,25)/b21-12-/t13-/m0/s1. The maximum atomic E-state index is 12.1. The molecule has 8 nitrogen and oxygen atoms in total. The molecule has 0 unspecified atom stereocenters. The number of aromatic hydroxyl groups is 1. The van der Waals surface area contributed by atoms with E-state index in [1.54, 1.807) is 13.0 Å². The van der Waals surface area contributed by atoms with Crippen LogP contribution in [0.2, 0.25) is 0 Å². The van der Waals surface area contributed by atoms with E-state index >= 15 is 0 Å². The first-order valence-electron chi connectivity index (χ1n) is 8.40. The Morgan fingerprint density at radius 1 is 1.18 bits per heavy atom. The molecule has 142 valence electrons. The highest BCUT2D eigenvalue weighted by Gasteiger charge is 2.14. The summed E-state index contributed by atoms with van der Waals surface area (Å²) in [5.74, 6) is -0.153. The molecule has 0 bridgehead atoms. The molecule has 28 heavy (non-hydrogen) atoms. The molecular weight excluding hydrogens is 362 g/mol. The number of amides is 1. The summed E-state index contributed by atoms with van der Waals surface area (Å²) in [6.07, 6.45) is 0.306. The van der Waals surface area contributed by atoms with E-state index in [2.05, 4.69) is 10.5 Å². The monoisotopic (exact) mass is 379 g/mol. The van der Waals surface area contributed by atoms with Crippen molar-refractivity contribution in [3.05, 3.63) is 76.3 Å². The summed E-state index contributed by atoms with van der Waals surface area (Å²) in [7, 11) is 0.